The second kappa shape index (κ2) is 9.33. The molecule has 1 aromatic heterocycles. The standard InChI is InChI=1S/C22H30N4O3/c27-18(15-29-21-6-2-1-4-19(21)20-5-3-11-23-20)14-25-16-7-9-17(10-8-16)26-13-12-24-22(26)28/h1-6,11,16-18,23,25,27H,7-10,12-15H2,(H,24,28)/t16-,17+,18?. The number of hydrogen-bond acceptors (Lipinski definition) is 4. The Morgan fingerprint density at radius 1 is 1.17 bits per heavy atom. The summed E-state index contributed by atoms with van der Waals surface area (Å²) in [6, 6.07) is 12.6. The maximum Gasteiger partial charge on any atom is 0.317 e. The number of aliphatic hydroxyl groups is 1. The number of urea groups is 1. The monoisotopic (exact) mass is 398 g/mol. The zero-order valence-corrected chi connectivity index (χ0v) is 16.6. The van der Waals surface area contributed by atoms with Gasteiger partial charge in [-0.1, -0.05) is 12.1 Å². The molecule has 2 amide bonds. The number of rotatable bonds is 8. The van der Waals surface area contributed by atoms with Crippen molar-refractivity contribution < 1.29 is 14.6 Å². The summed E-state index contributed by atoms with van der Waals surface area (Å²) in [5.74, 6) is 0.762. The number of ether oxygens (including phenoxy) is 1. The first-order valence-corrected chi connectivity index (χ1v) is 10.5. The van der Waals surface area contributed by atoms with Crippen LogP contribution in [0.25, 0.3) is 11.3 Å². The van der Waals surface area contributed by atoms with Gasteiger partial charge in [0.1, 0.15) is 18.5 Å². The van der Waals surface area contributed by atoms with Crippen LogP contribution in [0.4, 0.5) is 4.79 Å². The summed E-state index contributed by atoms with van der Waals surface area (Å²) in [7, 11) is 0. The van der Waals surface area contributed by atoms with Gasteiger partial charge in [0, 0.05) is 49.2 Å². The molecule has 2 aliphatic rings. The molecule has 2 fully saturated rings. The molecule has 4 rings (SSSR count). The summed E-state index contributed by atoms with van der Waals surface area (Å²) >= 11 is 0. The van der Waals surface area contributed by atoms with E-state index in [0.717, 1.165) is 55.8 Å². The molecule has 7 nitrogen and oxygen atoms in total. The van der Waals surface area contributed by atoms with E-state index in [1.807, 2.05) is 47.5 Å². The minimum Gasteiger partial charge on any atom is -0.490 e. The van der Waals surface area contributed by atoms with Crippen LogP contribution in [0.5, 0.6) is 5.75 Å². The molecule has 7 heteroatoms. The van der Waals surface area contributed by atoms with Crippen molar-refractivity contribution in [1.29, 1.82) is 0 Å². The summed E-state index contributed by atoms with van der Waals surface area (Å²) in [5, 5.41) is 16.7. The van der Waals surface area contributed by atoms with Crippen molar-refractivity contribution in [3.63, 3.8) is 0 Å². The highest BCUT2D eigenvalue weighted by Crippen LogP contribution is 2.28. The first-order valence-electron chi connectivity index (χ1n) is 10.5. The fourth-order valence-corrected chi connectivity index (χ4v) is 4.29. The summed E-state index contributed by atoms with van der Waals surface area (Å²) in [5.41, 5.74) is 1.98. The van der Waals surface area contributed by atoms with E-state index in [0.29, 0.717) is 18.6 Å². The lowest BCUT2D eigenvalue weighted by atomic mass is 9.90. The van der Waals surface area contributed by atoms with Gasteiger partial charge < -0.3 is 30.4 Å². The van der Waals surface area contributed by atoms with Gasteiger partial charge in [0.25, 0.3) is 0 Å². The van der Waals surface area contributed by atoms with Crippen LogP contribution in [-0.2, 0) is 0 Å². The average molecular weight is 399 g/mol. The Hall–Kier alpha value is -2.51. The quantitative estimate of drug-likeness (QED) is 0.550. The van der Waals surface area contributed by atoms with Gasteiger partial charge in [-0.2, -0.15) is 0 Å². The Bertz CT molecular complexity index is 787. The molecule has 0 bridgehead atoms. The van der Waals surface area contributed by atoms with E-state index in [1.54, 1.807) is 0 Å². The number of carbonyl (C=O) groups excluding carboxylic acids is 1. The third-order valence-electron chi connectivity index (χ3n) is 5.88. The van der Waals surface area contributed by atoms with Crippen LogP contribution in [0.2, 0.25) is 0 Å². The van der Waals surface area contributed by atoms with Crippen molar-refractivity contribution in [2.75, 3.05) is 26.2 Å². The van der Waals surface area contributed by atoms with E-state index in [1.165, 1.54) is 0 Å². The summed E-state index contributed by atoms with van der Waals surface area (Å²) in [6.45, 7) is 2.33. The Morgan fingerprint density at radius 3 is 2.72 bits per heavy atom. The molecule has 0 radical (unpaired) electrons. The molecule has 1 atom stereocenters. The number of hydrogen-bond donors (Lipinski definition) is 4. The smallest absolute Gasteiger partial charge is 0.317 e. The molecule has 1 aromatic carbocycles. The molecule has 2 aromatic rings. The number of H-pyrrole nitrogens is 1. The van der Waals surface area contributed by atoms with Crippen molar-refractivity contribution in [2.24, 2.45) is 0 Å². The summed E-state index contributed by atoms with van der Waals surface area (Å²) in [4.78, 5) is 17.0. The van der Waals surface area contributed by atoms with E-state index in [4.69, 9.17) is 4.74 Å². The number of amides is 2. The fraction of sp³-hybridized carbons (Fsp3) is 0.500. The van der Waals surface area contributed by atoms with Crippen LogP contribution in [-0.4, -0.2) is 65.5 Å². The zero-order chi connectivity index (χ0) is 20.1. The molecule has 1 unspecified atom stereocenters. The molecule has 1 aliphatic carbocycles. The highest BCUT2D eigenvalue weighted by molar-refractivity contribution is 5.76. The van der Waals surface area contributed by atoms with Gasteiger partial charge in [-0.25, -0.2) is 4.79 Å². The third-order valence-corrected chi connectivity index (χ3v) is 5.88. The molecular weight excluding hydrogens is 368 g/mol. The van der Waals surface area contributed by atoms with Crippen LogP contribution in [0.1, 0.15) is 25.7 Å². The normalized spacial score (nSPS) is 23.1. The molecule has 1 saturated carbocycles. The Morgan fingerprint density at radius 2 is 2.00 bits per heavy atom. The van der Waals surface area contributed by atoms with Crippen LogP contribution in [0, 0.1) is 0 Å². The molecule has 1 saturated heterocycles. The van der Waals surface area contributed by atoms with E-state index in [9.17, 15) is 9.90 Å². The van der Waals surface area contributed by atoms with Crippen molar-refractivity contribution in [1.82, 2.24) is 20.5 Å². The molecular formula is C22H30N4O3. The fourth-order valence-electron chi connectivity index (χ4n) is 4.29. The van der Waals surface area contributed by atoms with Gasteiger partial charge in [-0.15, -0.1) is 0 Å². The number of benzene rings is 1. The van der Waals surface area contributed by atoms with Crippen LogP contribution < -0.4 is 15.4 Å². The molecule has 29 heavy (non-hydrogen) atoms. The second-order valence-electron chi connectivity index (χ2n) is 7.88. The van der Waals surface area contributed by atoms with E-state index in [2.05, 4.69) is 15.6 Å². The number of nitrogens with one attached hydrogen (secondary N) is 3. The number of aliphatic hydroxyl groups excluding tert-OH is 1. The Balaban J connectivity index is 1.20. The van der Waals surface area contributed by atoms with Crippen LogP contribution in [0.15, 0.2) is 42.6 Å². The molecule has 4 N–H and O–H groups in total. The van der Waals surface area contributed by atoms with E-state index < -0.39 is 6.10 Å². The first kappa shape index (κ1) is 19.8. The van der Waals surface area contributed by atoms with Crippen molar-refractivity contribution in [3.8, 4) is 17.0 Å². The van der Waals surface area contributed by atoms with Crippen molar-refractivity contribution in [2.45, 2.75) is 43.9 Å². The number of aromatic nitrogens is 1. The molecule has 156 valence electrons. The topological polar surface area (TPSA) is 89.6 Å². The highest BCUT2D eigenvalue weighted by Gasteiger charge is 2.31. The second-order valence-corrected chi connectivity index (χ2v) is 7.88. The minimum atomic E-state index is -0.575. The lowest BCUT2D eigenvalue weighted by molar-refractivity contribution is 0.0996. The van der Waals surface area contributed by atoms with E-state index in [-0.39, 0.29) is 12.6 Å². The van der Waals surface area contributed by atoms with Gasteiger partial charge in [-0.05, 0) is 49.9 Å². The van der Waals surface area contributed by atoms with Crippen molar-refractivity contribution >= 4 is 6.03 Å². The van der Waals surface area contributed by atoms with Crippen LogP contribution in [0.3, 0.4) is 0 Å². The Labute approximate surface area is 171 Å². The van der Waals surface area contributed by atoms with Gasteiger partial charge >= 0.3 is 6.03 Å². The van der Waals surface area contributed by atoms with Gasteiger partial charge in [0.15, 0.2) is 0 Å². The predicted octanol–water partition coefficient (Wildman–Crippen LogP) is 2.35. The average Bonchev–Trinajstić information content (AvgIpc) is 3.43. The van der Waals surface area contributed by atoms with Gasteiger partial charge in [0.2, 0.25) is 0 Å². The summed E-state index contributed by atoms with van der Waals surface area (Å²) in [6.07, 6.45) is 5.39. The maximum absolute atomic E-state index is 11.8. The number of aromatic amines is 1. The predicted molar refractivity (Wildman–Crippen MR) is 112 cm³/mol. The zero-order valence-electron chi connectivity index (χ0n) is 16.6. The van der Waals surface area contributed by atoms with Crippen LogP contribution >= 0.6 is 0 Å². The molecule has 1 aliphatic heterocycles. The summed E-state index contributed by atoms with van der Waals surface area (Å²) < 4.78 is 5.90. The lowest BCUT2D eigenvalue weighted by Gasteiger charge is -2.34. The molecule has 2 heterocycles. The van der Waals surface area contributed by atoms with Crippen molar-refractivity contribution in [3.05, 3.63) is 42.6 Å². The first-order chi connectivity index (χ1) is 14.2. The number of nitrogens with zero attached hydrogens (tertiary/aromatic N) is 1. The van der Waals surface area contributed by atoms with Gasteiger partial charge in [-0.3, -0.25) is 0 Å². The largest absolute Gasteiger partial charge is 0.490 e. The third kappa shape index (κ3) is 4.92. The molecule has 0 spiro atoms. The number of para-hydroxylation sites is 1. The SMILES string of the molecule is O=C1NCCN1[C@H]1CC[C@@H](NCC(O)COc2ccccc2-c2ccc[nH]2)CC1. The van der Waals surface area contributed by atoms with E-state index >= 15 is 0 Å². The lowest BCUT2D eigenvalue weighted by Crippen LogP contribution is -2.45. The van der Waals surface area contributed by atoms with Gasteiger partial charge in [0.05, 0.1) is 0 Å². The minimum absolute atomic E-state index is 0.0774. The maximum atomic E-state index is 11.8. The highest BCUT2D eigenvalue weighted by atomic mass is 16.5. The number of carbonyl (C=O) groups is 1. The Kier molecular flexibility index (Phi) is 6.36.